The summed E-state index contributed by atoms with van der Waals surface area (Å²) in [6, 6.07) is 0. The monoisotopic (exact) mass is 1400 g/mol. The molecule has 0 saturated heterocycles. The minimum absolute atomic E-state index is 0.0431. The first-order valence-corrected chi connectivity index (χ1v) is 41.6. The molecule has 0 rings (SSSR count). The van der Waals surface area contributed by atoms with Gasteiger partial charge in [-0.25, -0.2) is 0 Å². The second kappa shape index (κ2) is 78.0. The number of carbonyl (C=O) groups is 2. The molecule has 0 heterocycles. The van der Waals surface area contributed by atoms with Crippen LogP contribution in [0.4, 0.5) is 0 Å². The van der Waals surface area contributed by atoms with Crippen molar-refractivity contribution in [2.24, 2.45) is 0 Å². The van der Waals surface area contributed by atoms with Crippen LogP contribution in [0.5, 0.6) is 0 Å². The normalized spacial score (nSPS) is 14.1. The van der Waals surface area contributed by atoms with Crippen LogP contribution in [-0.4, -0.2) is 70.0 Å². The largest absolute Gasteiger partial charge is 0.756 e. The van der Waals surface area contributed by atoms with E-state index in [1.807, 2.05) is 21.1 Å². The van der Waals surface area contributed by atoms with Gasteiger partial charge >= 0.3 is 11.9 Å². The number of rotatable bonds is 72. The topological polar surface area (TPSA) is 111 Å². The summed E-state index contributed by atoms with van der Waals surface area (Å²) in [6.45, 7) is 3.99. The van der Waals surface area contributed by atoms with E-state index in [1.54, 1.807) is 0 Å². The number of esters is 2. The SMILES string of the molecule is CC/C=C\C/C=C\C/C=C\C/C=C\C/C=C\C/C=C\C/C=C\C/C=C\C/C=C\C/C=C\C/C=C\CCCCCCCC(=O)OC(COC(=O)CCCCCCCCCCCCCCCCCCCCCCC/C=C\C/C=C\C/C=C\C/C=C\C/C=C\CC)COP(=O)([O-])OCC[N+](C)(C)C. The number of nitrogens with zero attached hydrogens (tertiary/aromatic N) is 1. The quantitative estimate of drug-likeness (QED) is 0.0195. The van der Waals surface area contributed by atoms with Crippen molar-refractivity contribution in [3.05, 3.63) is 194 Å². The predicted octanol–water partition coefficient (Wildman–Crippen LogP) is 26.5. The van der Waals surface area contributed by atoms with Gasteiger partial charge in [0.2, 0.25) is 0 Å². The van der Waals surface area contributed by atoms with E-state index in [9.17, 15) is 19.0 Å². The lowest BCUT2D eigenvalue weighted by Crippen LogP contribution is -2.37. The van der Waals surface area contributed by atoms with Crippen molar-refractivity contribution in [1.82, 2.24) is 0 Å². The molecule has 9 nitrogen and oxygen atoms in total. The second-order valence-corrected chi connectivity index (χ2v) is 28.7. The molecular weight excluding hydrogens is 1250 g/mol. The van der Waals surface area contributed by atoms with Gasteiger partial charge in [0.15, 0.2) is 6.10 Å². The van der Waals surface area contributed by atoms with Crippen molar-refractivity contribution in [2.45, 2.75) is 315 Å². The van der Waals surface area contributed by atoms with Crippen LogP contribution in [-0.2, 0) is 32.7 Å². The summed E-state index contributed by atoms with van der Waals surface area (Å²) in [6.07, 6.45) is 121. The van der Waals surface area contributed by atoms with Gasteiger partial charge in [-0.05, 0) is 141 Å². The lowest BCUT2D eigenvalue weighted by molar-refractivity contribution is -0.870. The van der Waals surface area contributed by atoms with Crippen molar-refractivity contribution in [2.75, 3.05) is 47.5 Å². The average molecular weight is 1400 g/mol. The molecule has 0 saturated carbocycles. The molecule has 100 heavy (non-hydrogen) atoms. The van der Waals surface area contributed by atoms with Crippen LogP contribution in [0.1, 0.15) is 309 Å². The van der Waals surface area contributed by atoms with Gasteiger partial charge in [-0.2, -0.15) is 0 Å². The van der Waals surface area contributed by atoms with Crippen molar-refractivity contribution >= 4 is 19.8 Å². The maximum atomic E-state index is 12.9. The Morgan fingerprint density at radius 2 is 0.540 bits per heavy atom. The zero-order valence-electron chi connectivity index (χ0n) is 64.6. The number of phosphoric ester groups is 1. The molecule has 0 radical (unpaired) electrons. The molecule has 10 heteroatoms. The van der Waals surface area contributed by atoms with E-state index in [2.05, 4.69) is 208 Å². The summed E-state index contributed by atoms with van der Waals surface area (Å²) in [5, 5.41) is 0. The van der Waals surface area contributed by atoms with Crippen molar-refractivity contribution in [1.29, 1.82) is 0 Å². The Kier molecular flexibility index (Phi) is 74.0. The van der Waals surface area contributed by atoms with Gasteiger partial charge in [0.25, 0.3) is 7.82 Å². The first-order chi connectivity index (χ1) is 49.0. The molecule has 0 spiro atoms. The van der Waals surface area contributed by atoms with Gasteiger partial charge in [0, 0.05) is 12.8 Å². The molecule has 0 aliphatic carbocycles. The average Bonchev–Trinajstić information content (AvgIpc) is 1.07. The van der Waals surface area contributed by atoms with Gasteiger partial charge < -0.3 is 27.9 Å². The highest BCUT2D eigenvalue weighted by Crippen LogP contribution is 2.38. The third kappa shape index (κ3) is 81.8. The Hall–Kier alpha value is -5.15. The Morgan fingerprint density at radius 1 is 0.310 bits per heavy atom. The molecule has 566 valence electrons. The lowest BCUT2D eigenvalue weighted by Gasteiger charge is -2.28. The highest BCUT2D eigenvalue weighted by Gasteiger charge is 2.22. The van der Waals surface area contributed by atoms with Gasteiger partial charge in [-0.1, -0.05) is 350 Å². The number of hydrogen-bond acceptors (Lipinski definition) is 8. The summed E-state index contributed by atoms with van der Waals surface area (Å²) in [7, 11) is 1.14. The lowest BCUT2D eigenvalue weighted by atomic mass is 10.0. The molecule has 0 bridgehead atoms. The first kappa shape index (κ1) is 94.8. The van der Waals surface area contributed by atoms with Crippen LogP contribution in [0.15, 0.2) is 194 Å². The number of ether oxygens (including phenoxy) is 2. The molecule has 2 unspecified atom stereocenters. The Bertz CT molecular complexity index is 2400. The van der Waals surface area contributed by atoms with Crippen molar-refractivity contribution in [3.63, 3.8) is 0 Å². The summed E-state index contributed by atoms with van der Waals surface area (Å²) in [5.74, 6) is -0.858. The number of phosphoric acid groups is 1. The maximum Gasteiger partial charge on any atom is 0.306 e. The molecule has 0 fully saturated rings. The van der Waals surface area contributed by atoms with Crippen LogP contribution in [0, 0.1) is 0 Å². The zero-order chi connectivity index (χ0) is 72.5. The van der Waals surface area contributed by atoms with Gasteiger partial charge in [-0.3, -0.25) is 14.2 Å². The van der Waals surface area contributed by atoms with Crippen LogP contribution >= 0.6 is 7.82 Å². The van der Waals surface area contributed by atoms with E-state index in [0.717, 1.165) is 154 Å². The van der Waals surface area contributed by atoms with E-state index in [-0.39, 0.29) is 26.1 Å². The zero-order valence-corrected chi connectivity index (χ0v) is 65.5. The molecule has 0 aromatic heterocycles. The molecule has 2 atom stereocenters. The fraction of sp³-hybridized carbons (Fsp3) is 0.622. The number of likely N-dealkylation sites (N-methyl/N-ethyl adjacent to an activating group) is 1. The molecule has 0 N–H and O–H groups in total. The van der Waals surface area contributed by atoms with Crippen LogP contribution in [0.25, 0.3) is 0 Å². The predicted molar refractivity (Wildman–Crippen MR) is 433 cm³/mol. The van der Waals surface area contributed by atoms with Gasteiger partial charge in [-0.15, -0.1) is 0 Å². The smallest absolute Gasteiger partial charge is 0.306 e. The molecule has 0 amide bonds. The minimum Gasteiger partial charge on any atom is -0.756 e. The van der Waals surface area contributed by atoms with E-state index in [1.165, 1.54) is 122 Å². The van der Waals surface area contributed by atoms with E-state index in [4.69, 9.17) is 18.5 Å². The van der Waals surface area contributed by atoms with Gasteiger partial charge in [0.1, 0.15) is 19.8 Å². The summed E-state index contributed by atoms with van der Waals surface area (Å²) >= 11 is 0. The molecular formula is C90H148NO8P. The number of quaternary nitrogens is 1. The highest BCUT2D eigenvalue weighted by atomic mass is 31.2. The van der Waals surface area contributed by atoms with E-state index >= 15 is 0 Å². The maximum absolute atomic E-state index is 12.9. The Labute approximate surface area is 615 Å². The number of allylic oxidation sites excluding steroid dienone is 32. The van der Waals surface area contributed by atoms with E-state index < -0.39 is 32.5 Å². The summed E-state index contributed by atoms with van der Waals surface area (Å²) < 4.78 is 34.4. The third-order valence-corrected chi connectivity index (χ3v) is 17.6. The van der Waals surface area contributed by atoms with Crippen molar-refractivity contribution in [3.8, 4) is 0 Å². The molecule has 0 aromatic carbocycles. The number of carbonyl (C=O) groups excluding carboxylic acids is 2. The number of unbranched alkanes of at least 4 members (excludes halogenated alkanes) is 26. The Morgan fingerprint density at radius 3 is 0.800 bits per heavy atom. The van der Waals surface area contributed by atoms with Crippen LogP contribution in [0.3, 0.4) is 0 Å². The molecule has 0 aliphatic rings. The second-order valence-electron chi connectivity index (χ2n) is 27.3. The summed E-state index contributed by atoms with van der Waals surface area (Å²) in [5.41, 5.74) is 0. The molecule has 0 aliphatic heterocycles. The van der Waals surface area contributed by atoms with E-state index in [0.29, 0.717) is 17.4 Å². The van der Waals surface area contributed by atoms with Crippen LogP contribution in [0.2, 0.25) is 0 Å². The van der Waals surface area contributed by atoms with Crippen LogP contribution < -0.4 is 4.89 Å². The highest BCUT2D eigenvalue weighted by molar-refractivity contribution is 7.45. The minimum atomic E-state index is -4.66. The van der Waals surface area contributed by atoms with Crippen molar-refractivity contribution < 1.29 is 42.1 Å². The fourth-order valence-corrected chi connectivity index (χ4v) is 11.3. The number of hydrogen-bond donors (Lipinski definition) is 0. The fourth-order valence-electron chi connectivity index (χ4n) is 10.6. The standard InChI is InChI=1S/C90H148NO8P/c1-6-8-10-12-14-16-18-20-22-24-26-28-30-32-34-36-38-40-42-44-45-47-49-51-53-55-57-59-61-63-65-67-69-71-73-75-77-79-81-83-90(93)99-88(87-98-100(94,95)97-85-84-91(3,4)5)86-96-89(92)82-80-78-76-74-72-70-68-66-64-62-60-58-56-54-52-50-48-46-43-41-39-37-35-33-31-29-27-25-23-21-19-17-15-13-11-9-7-2/h8-11,14-17,20-23,26-29,32-35,38,40,44-45,49,51,55,57,61,63,67,69,88H,6-7,12-13,18-19,24-25,30-31,36-37,39,41-43,46-48,50,52-54,56,58-60,62,64-66,68,70-87H2,1-5H3/b10-8-,11-9-,16-14-,17-15-,22-20-,23-21-,28-26-,29-27-,34-32-,35-33-,40-38-,45-44-,51-49-,57-55-,63-61-,69-67-. The Balaban J connectivity index is 4.07. The third-order valence-electron chi connectivity index (χ3n) is 16.6. The van der Waals surface area contributed by atoms with Gasteiger partial charge in [0.05, 0.1) is 27.7 Å². The first-order valence-electron chi connectivity index (χ1n) is 40.1. The summed E-state index contributed by atoms with van der Waals surface area (Å²) in [4.78, 5) is 38.2. The molecule has 0 aromatic rings.